The Morgan fingerprint density at radius 2 is 2.00 bits per heavy atom. The van der Waals surface area contributed by atoms with Gasteiger partial charge in [-0.25, -0.2) is 4.79 Å². The molecule has 1 aliphatic carbocycles. The molecule has 0 saturated heterocycles. The number of pyridine rings is 1. The molecule has 0 radical (unpaired) electrons. The maximum Gasteiger partial charge on any atom is 0.352 e. The molecule has 0 amide bonds. The van der Waals surface area contributed by atoms with Gasteiger partial charge in [0.05, 0.1) is 0 Å². The van der Waals surface area contributed by atoms with Crippen molar-refractivity contribution in [3.8, 4) is 0 Å². The van der Waals surface area contributed by atoms with Gasteiger partial charge in [-0.1, -0.05) is 18.2 Å². The first-order chi connectivity index (χ1) is 8.18. The van der Waals surface area contributed by atoms with Crippen LogP contribution in [0.25, 0.3) is 10.8 Å². The highest BCUT2D eigenvalue weighted by Crippen LogP contribution is 2.35. The van der Waals surface area contributed by atoms with Crippen LogP contribution in [0.3, 0.4) is 0 Å². The van der Waals surface area contributed by atoms with E-state index in [2.05, 4.69) is 0 Å². The standard InChI is InChI=1S/C13H11NO3/c15-12-10-4-2-1-3-8(10)7-11(13(16)17)14(12)9-5-6-9/h1-4,7,9H,5-6H2,(H,16,17). The second kappa shape index (κ2) is 3.45. The third kappa shape index (κ3) is 1.53. The number of rotatable bonds is 2. The monoisotopic (exact) mass is 229 g/mol. The maximum absolute atomic E-state index is 12.2. The van der Waals surface area contributed by atoms with Crippen LogP contribution >= 0.6 is 0 Å². The average molecular weight is 229 g/mol. The highest BCUT2D eigenvalue weighted by atomic mass is 16.4. The van der Waals surface area contributed by atoms with Crippen LogP contribution in [0.2, 0.25) is 0 Å². The lowest BCUT2D eigenvalue weighted by molar-refractivity contribution is 0.0683. The number of hydrogen-bond donors (Lipinski definition) is 1. The van der Waals surface area contributed by atoms with E-state index in [4.69, 9.17) is 5.11 Å². The number of fused-ring (bicyclic) bond motifs is 1. The largest absolute Gasteiger partial charge is 0.477 e. The smallest absolute Gasteiger partial charge is 0.352 e. The molecule has 1 aromatic heterocycles. The van der Waals surface area contributed by atoms with Gasteiger partial charge in [0.15, 0.2) is 0 Å². The number of benzene rings is 1. The number of carbonyl (C=O) groups is 1. The van der Waals surface area contributed by atoms with Crippen molar-refractivity contribution in [2.45, 2.75) is 18.9 Å². The third-order valence-corrected chi connectivity index (χ3v) is 3.09. The summed E-state index contributed by atoms with van der Waals surface area (Å²) in [5.74, 6) is -1.04. The summed E-state index contributed by atoms with van der Waals surface area (Å²) in [7, 11) is 0. The van der Waals surface area contributed by atoms with Crippen molar-refractivity contribution in [3.05, 3.63) is 46.4 Å². The number of nitrogens with zero attached hydrogens (tertiary/aromatic N) is 1. The van der Waals surface area contributed by atoms with Crippen LogP contribution in [0.1, 0.15) is 29.4 Å². The second-order valence-corrected chi connectivity index (χ2v) is 4.33. The molecule has 2 aromatic rings. The first-order valence-corrected chi connectivity index (χ1v) is 5.56. The predicted molar refractivity (Wildman–Crippen MR) is 63.4 cm³/mol. The third-order valence-electron chi connectivity index (χ3n) is 3.09. The van der Waals surface area contributed by atoms with Gasteiger partial charge in [0.1, 0.15) is 5.69 Å². The van der Waals surface area contributed by atoms with Crippen molar-refractivity contribution in [3.63, 3.8) is 0 Å². The van der Waals surface area contributed by atoms with E-state index in [1.54, 1.807) is 30.3 Å². The minimum Gasteiger partial charge on any atom is -0.477 e. The van der Waals surface area contributed by atoms with Crippen LogP contribution in [-0.4, -0.2) is 15.6 Å². The Hall–Kier alpha value is -2.10. The number of aromatic nitrogens is 1. The zero-order valence-corrected chi connectivity index (χ0v) is 9.09. The van der Waals surface area contributed by atoms with Gasteiger partial charge in [-0.05, 0) is 30.4 Å². The van der Waals surface area contributed by atoms with Crippen LogP contribution in [-0.2, 0) is 0 Å². The normalized spacial score (nSPS) is 15.1. The second-order valence-electron chi connectivity index (χ2n) is 4.33. The van der Waals surface area contributed by atoms with Crippen molar-refractivity contribution in [1.29, 1.82) is 0 Å². The quantitative estimate of drug-likeness (QED) is 0.857. The molecule has 0 aliphatic heterocycles. The molecular formula is C13H11NO3. The maximum atomic E-state index is 12.2. The molecule has 0 spiro atoms. The van der Waals surface area contributed by atoms with Gasteiger partial charge in [-0.3, -0.25) is 9.36 Å². The van der Waals surface area contributed by atoms with Gasteiger partial charge in [0.2, 0.25) is 0 Å². The number of hydrogen-bond acceptors (Lipinski definition) is 2. The summed E-state index contributed by atoms with van der Waals surface area (Å²) in [4.78, 5) is 23.4. The molecule has 1 aliphatic rings. The van der Waals surface area contributed by atoms with E-state index in [1.807, 2.05) is 0 Å². The molecule has 1 aromatic carbocycles. The summed E-state index contributed by atoms with van der Waals surface area (Å²) < 4.78 is 1.42. The van der Waals surface area contributed by atoms with Crippen LogP contribution in [0.4, 0.5) is 0 Å². The molecule has 0 atom stereocenters. The Balaban J connectivity index is 2.42. The van der Waals surface area contributed by atoms with Crippen molar-refractivity contribution in [2.24, 2.45) is 0 Å². The van der Waals surface area contributed by atoms with Crippen LogP contribution in [0.15, 0.2) is 35.1 Å². The lowest BCUT2D eigenvalue weighted by atomic mass is 10.1. The number of carboxylic acid groups (broad SMARTS) is 1. The summed E-state index contributed by atoms with van der Waals surface area (Å²) in [5.41, 5.74) is -0.0980. The van der Waals surface area contributed by atoms with Crippen molar-refractivity contribution in [1.82, 2.24) is 4.57 Å². The molecule has 1 heterocycles. The van der Waals surface area contributed by atoms with Crippen molar-refractivity contribution in [2.75, 3.05) is 0 Å². The fraction of sp³-hybridized carbons (Fsp3) is 0.231. The first-order valence-electron chi connectivity index (χ1n) is 5.56. The highest BCUT2D eigenvalue weighted by Gasteiger charge is 2.29. The lowest BCUT2D eigenvalue weighted by Crippen LogP contribution is -2.25. The van der Waals surface area contributed by atoms with E-state index >= 15 is 0 Å². The number of carboxylic acids is 1. The molecule has 1 saturated carbocycles. The molecule has 0 bridgehead atoms. The van der Waals surface area contributed by atoms with Gasteiger partial charge < -0.3 is 5.11 Å². The fourth-order valence-electron chi connectivity index (χ4n) is 2.13. The molecule has 4 heteroatoms. The van der Waals surface area contributed by atoms with Crippen LogP contribution in [0, 0.1) is 0 Å². The van der Waals surface area contributed by atoms with Gasteiger partial charge in [0, 0.05) is 11.4 Å². The predicted octanol–water partition coefficient (Wildman–Crippen LogP) is 2.03. The Morgan fingerprint density at radius 1 is 1.29 bits per heavy atom. The average Bonchev–Trinajstić information content (AvgIpc) is 3.13. The zero-order chi connectivity index (χ0) is 12.0. The molecule has 1 fully saturated rings. The molecular weight excluding hydrogens is 218 g/mol. The summed E-state index contributed by atoms with van der Waals surface area (Å²) >= 11 is 0. The summed E-state index contributed by atoms with van der Waals surface area (Å²) in [6.45, 7) is 0. The Kier molecular flexibility index (Phi) is 2.04. The first kappa shape index (κ1) is 10.1. The number of aromatic carboxylic acids is 1. The fourth-order valence-corrected chi connectivity index (χ4v) is 2.13. The lowest BCUT2D eigenvalue weighted by Gasteiger charge is -2.10. The van der Waals surface area contributed by atoms with Crippen molar-refractivity contribution >= 4 is 16.7 Å². The minimum absolute atomic E-state index is 0.0678. The van der Waals surface area contributed by atoms with Crippen LogP contribution in [0.5, 0.6) is 0 Å². The van der Waals surface area contributed by atoms with Gasteiger partial charge in [-0.15, -0.1) is 0 Å². The molecule has 3 rings (SSSR count). The zero-order valence-electron chi connectivity index (χ0n) is 9.09. The summed E-state index contributed by atoms with van der Waals surface area (Å²) in [6.07, 6.45) is 1.77. The Labute approximate surface area is 97.1 Å². The highest BCUT2D eigenvalue weighted by molar-refractivity contribution is 5.92. The van der Waals surface area contributed by atoms with Crippen molar-refractivity contribution < 1.29 is 9.90 Å². The van der Waals surface area contributed by atoms with E-state index < -0.39 is 5.97 Å². The minimum atomic E-state index is -1.04. The van der Waals surface area contributed by atoms with Gasteiger partial charge >= 0.3 is 5.97 Å². The van der Waals surface area contributed by atoms with E-state index in [-0.39, 0.29) is 17.3 Å². The molecule has 86 valence electrons. The molecule has 17 heavy (non-hydrogen) atoms. The molecule has 1 N–H and O–H groups in total. The van der Waals surface area contributed by atoms with E-state index in [0.717, 1.165) is 12.8 Å². The van der Waals surface area contributed by atoms with Gasteiger partial charge in [-0.2, -0.15) is 0 Å². The SMILES string of the molecule is O=C(O)c1cc2ccccc2c(=O)n1C1CC1. The van der Waals surface area contributed by atoms with Gasteiger partial charge in [0.25, 0.3) is 5.56 Å². The Bertz CT molecular complexity index is 668. The van der Waals surface area contributed by atoms with E-state index in [1.165, 1.54) is 4.57 Å². The van der Waals surface area contributed by atoms with E-state index in [0.29, 0.717) is 10.8 Å². The molecule has 4 nitrogen and oxygen atoms in total. The Morgan fingerprint density at radius 3 is 2.65 bits per heavy atom. The summed E-state index contributed by atoms with van der Waals surface area (Å²) in [6, 6.07) is 8.74. The topological polar surface area (TPSA) is 59.3 Å². The van der Waals surface area contributed by atoms with E-state index in [9.17, 15) is 9.59 Å². The molecule has 0 unspecified atom stereocenters. The van der Waals surface area contributed by atoms with Crippen LogP contribution < -0.4 is 5.56 Å². The summed E-state index contributed by atoms with van der Waals surface area (Å²) in [5, 5.41) is 10.4.